The fourth-order valence-electron chi connectivity index (χ4n) is 3.58. The van der Waals surface area contributed by atoms with Crippen molar-refractivity contribution in [2.45, 2.75) is 83.0 Å². The van der Waals surface area contributed by atoms with E-state index in [2.05, 4.69) is 20.1 Å². The molecule has 2 fully saturated rings. The third-order valence-electron chi connectivity index (χ3n) is 4.71. The van der Waals surface area contributed by atoms with Crippen LogP contribution < -0.4 is 5.32 Å². The molecule has 0 aliphatic carbocycles. The SMILES string of the molecule is COC(=O)C(=O)C[C@H](N=[N+]=[N-])[C@@H](NC(C)=O)[C@H]1OC(C)(C)O[C@@H]1[C@H]1COC(C)(C)O1. The average Bonchev–Trinajstić information content (AvgIpc) is 3.16. The number of rotatable bonds is 8. The molecule has 0 spiro atoms. The monoisotopic (exact) mass is 428 g/mol. The van der Waals surface area contributed by atoms with Crippen molar-refractivity contribution in [3.8, 4) is 0 Å². The number of nitrogens with zero attached hydrogens (tertiary/aromatic N) is 3. The van der Waals surface area contributed by atoms with Gasteiger partial charge < -0.3 is 29.0 Å². The molecule has 12 nitrogen and oxygen atoms in total. The highest BCUT2D eigenvalue weighted by atomic mass is 16.8. The fraction of sp³-hybridized carbons (Fsp3) is 0.833. The zero-order valence-corrected chi connectivity index (χ0v) is 17.9. The van der Waals surface area contributed by atoms with E-state index in [0.29, 0.717) is 0 Å². The van der Waals surface area contributed by atoms with E-state index in [9.17, 15) is 14.4 Å². The van der Waals surface area contributed by atoms with Gasteiger partial charge in [0.2, 0.25) is 11.7 Å². The van der Waals surface area contributed by atoms with Gasteiger partial charge in [0.15, 0.2) is 11.6 Å². The number of amides is 1. The van der Waals surface area contributed by atoms with Crippen molar-refractivity contribution < 1.29 is 38.1 Å². The van der Waals surface area contributed by atoms with Gasteiger partial charge in [0.1, 0.15) is 18.3 Å². The summed E-state index contributed by atoms with van der Waals surface area (Å²) in [7, 11) is 1.07. The molecule has 168 valence electrons. The van der Waals surface area contributed by atoms with E-state index >= 15 is 0 Å². The Kier molecular flexibility index (Phi) is 7.43. The summed E-state index contributed by atoms with van der Waals surface area (Å²) in [4.78, 5) is 38.4. The summed E-state index contributed by atoms with van der Waals surface area (Å²) >= 11 is 0. The van der Waals surface area contributed by atoms with Gasteiger partial charge in [-0.1, -0.05) is 5.11 Å². The van der Waals surface area contributed by atoms with Gasteiger partial charge in [-0.2, -0.15) is 0 Å². The van der Waals surface area contributed by atoms with Gasteiger partial charge in [-0.15, -0.1) is 0 Å². The molecule has 0 saturated carbocycles. The second-order valence-electron chi connectivity index (χ2n) is 8.05. The summed E-state index contributed by atoms with van der Waals surface area (Å²) in [5, 5.41) is 6.32. The summed E-state index contributed by atoms with van der Waals surface area (Å²) in [5.74, 6) is -4.31. The summed E-state index contributed by atoms with van der Waals surface area (Å²) in [6.45, 7) is 8.38. The first-order chi connectivity index (χ1) is 13.9. The minimum Gasteiger partial charge on any atom is -0.463 e. The Morgan fingerprint density at radius 1 is 1.20 bits per heavy atom. The lowest BCUT2D eigenvalue weighted by atomic mass is 9.92. The number of carbonyl (C=O) groups is 3. The summed E-state index contributed by atoms with van der Waals surface area (Å²) in [6.07, 6.45) is -2.58. The molecule has 0 unspecified atom stereocenters. The van der Waals surface area contributed by atoms with E-state index in [4.69, 9.17) is 24.5 Å². The molecule has 2 aliphatic rings. The van der Waals surface area contributed by atoms with Crippen LogP contribution in [0.1, 0.15) is 41.0 Å². The van der Waals surface area contributed by atoms with Gasteiger partial charge >= 0.3 is 5.97 Å². The number of azide groups is 1. The van der Waals surface area contributed by atoms with Crippen LogP contribution in [0.5, 0.6) is 0 Å². The van der Waals surface area contributed by atoms with Crippen molar-refractivity contribution >= 4 is 17.7 Å². The van der Waals surface area contributed by atoms with E-state index in [1.807, 2.05) is 0 Å². The zero-order valence-electron chi connectivity index (χ0n) is 17.9. The molecule has 1 N–H and O–H groups in total. The molecular weight excluding hydrogens is 400 g/mol. The molecule has 1 amide bonds. The molecule has 2 rings (SSSR count). The van der Waals surface area contributed by atoms with Crippen molar-refractivity contribution in [1.82, 2.24) is 5.32 Å². The van der Waals surface area contributed by atoms with Gasteiger partial charge in [0.05, 0.1) is 25.8 Å². The van der Waals surface area contributed by atoms with Crippen molar-refractivity contribution in [2.24, 2.45) is 5.11 Å². The summed E-state index contributed by atoms with van der Waals surface area (Å²) in [6, 6.07) is -2.11. The van der Waals surface area contributed by atoms with Crippen molar-refractivity contribution in [3.05, 3.63) is 10.4 Å². The Hall–Kier alpha value is -2.24. The van der Waals surface area contributed by atoms with Crippen LogP contribution in [-0.2, 0) is 38.1 Å². The lowest BCUT2D eigenvalue weighted by Gasteiger charge is -2.32. The molecule has 0 aromatic carbocycles. The van der Waals surface area contributed by atoms with Gasteiger partial charge in [0.25, 0.3) is 0 Å². The van der Waals surface area contributed by atoms with E-state index in [-0.39, 0.29) is 6.61 Å². The molecular formula is C18H28N4O8. The third-order valence-corrected chi connectivity index (χ3v) is 4.71. The first-order valence-electron chi connectivity index (χ1n) is 9.49. The molecule has 0 aromatic heterocycles. The number of hydrogen-bond donors (Lipinski definition) is 1. The average molecular weight is 428 g/mol. The van der Waals surface area contributed by atoms with Crippen LogP contribution in [-0.4, -0.2) is 73.3 Å². The van der Waals surface area contributed by atoms with Crippen LogP contribution in [0.25, 0.3) is 10.4 Å². The highest BCUT2D eigenvalue weighted by Crippen LogP contribution is 2.38. The van der Waals surface area contributed by atoms with Crippen LogP contribution in [0.3, 0.4) is 0 Å². The maximum atomic E-state index is 12.1. The highest BCUT2D eigenvalue weighted by molar-refractivity contribution is 6.33. The van der Waals surface area contributed by atoms with Crippen molar-refractivity contribution in [3.63, 3.8) is 0 Å². The van der Waals surface area contributed by atoms with E-state index < -0.39 is 66.1 Å². The standard InChI is InChI=1S/C18H28N4O8/c1-9(23)20-13(10(21-22-19)7-11(24)16(25)26-6)15-14(29-18(4,5)30-15)12-8-27-17(2,3)28-12/h10,12-15H,7-8H2,1-6H3,(H,20,23)/t10-,12+,13+,14+,15+/m0/s1. The molecule has 2 saturated heterocycles. The number of hydrogen-bond acceptors (Lipinski definition) is 9. The first-order valence-corrected chi connectivity index (χ1v) is 9.49. The number of ketones is 1. The zero-order chi connectivity index (χ0) is 22.7. The molecule has 0 bridgehead atoms. The van der Waals surface area contributed by atoms with E-state index in [1.54, 1.807) is 27.7 Å². The number of nitrogens with one attached hydrogen (secondary N) is 1. The Labute approximate surface area is 174 Å². The number of Topliss-reactive ketones (excluding diaryl/α,β-unsaturated/α-hetero) is 1. The lowest BCUT2D eigenvalue weighted by Crippen LogP contribution is -2.56. The number of carbonyl (C=O) groups excluding carboxylic acids is 3. The molecule has 5 atom stereocenters. The smallest absolute Gasteiger partial charge is 0.374 e. The van der Waals surface area contributed by atoms with Crippen LogP contribution in [0.2, 0.25) is 0 Å². The van der Waals surface area contributed by atoms with Gasteiger partial charge in [0, 0.05) is 18.3 Å². The molecule has 30 heavy (non-hydrogen) atoms. The van der Waals surface area contributed by atoms with Crippen LogP contribution in [0.4, 0.5) is 0 Å². The number of ether oxygens (including phenoxy) is 5. The maximum Gasteiger partial charge on any atom is 0.374 e. The van der Waals surface area contributed by atoms with Crippen molar-refractivity contribution in [2.75, 3.05) is 13.7 Å². The largest absolute Gasteiger partial charge is 0.463 e. The summed E-state index contributed by atoms with van der Waals surface area (Å²) < 4.78 is 28.0. The van der Waals surface area contributed by atoms with Crippen LogP contribution in [0.15, 0.2) is 5.11 Å². The molecule has 12 heteroatoms. The predicted octanol–water partition coefficient (Wildman–Crippen LogP) is 0.974. The minimum absolute atomic E-state index is 0.216. The first kappa shape index (κ1) is 24.0. The van der Waals surface area contributed by atoms with Crippen LogP contribution in [0, 0.1) is 0 Å². The third kappa shape index (κ3) is 5.89. The second-order valence-corrected chi connectivity index (χ2v) is 8.05. The number of methoxy groups -OCH3 is 1. The highest BCUT2D eigenvalue weighted by Gasteiger charge is 2.53. The summed E-state index contributed by atoms with van der Waals surface area (Å²) in [5.41, 5.74) is 9.02. The fourth-order valence-corrected chi connectivity index (χ4v) is 3.58. The van der Waals surface area contributed by atoms with Crippen LogP contribution >= 0.6 is 0 Å². The van der Waals surface area contributed by atoms with Crippen molar-refractivity contribution in [1.29, 1.82) is 0 Å². The van der Waals surface area contributed by atoms with Gasteiger partial charge in [-0.3, -0.25) is 9.59 Å². The predicted molar refractivity (Wildman–Crippen MR) is 101 cm³/mol. The molecule has 0 radical (unpaired) electrons. The van der Waals surface area contributed by atoms with E-state index in [1.165, 1.54) is 6.92 Å². The molecule has 2 heterocycles. The molecule has 0 aromatic rings. The Balaban J connectivity index is 2.37. The quantitative estimate of drug-likeness (QED) is 0.197. The second kappa shape index (κ2) is 9.27. The minimum atomic E-state index is -1.13. The topological polar surface area (TPSA) is 158 Å². The lowest BCUT2D eigenvalue weighted by molar-refractivity contribution is -0.175. The van der Waals surface area contributed by atoms with Gasteiger partial charge in [-0.05, 0) is 33.2 Å². The normalized spacial score (nSPS) is 28.8. The maximum absolute atomic E-state index is 12.1. The van der Waals surface area contributed by atoms with E-state index in [0.717, 1.165) is 7.11 Å². The molecule has 2 aliphatic heterocycles. The van der Waals surface area contributed by atoms with Gasteiger partial charge in [-0.25, -0.2) is 4.79 Å². The Morgan fingerprint density at radius 2 is 1.87 bits per heavy atom. The number of esters is 1. The Morgan fingerprint density at radius 3 is 2.37 bits per heavy atom. The Bertz CT molecular complexity index is 734.